The molecule has 1 fully saturated rings. The summed E-state index contributed by atoms with van der Waals surface area (Å²) in [5, 5.41) is 68.6. The number of allylic oxidation sites excluding steroid dienone is 2. The molecule has 1 saturated heterocycles. The number of aliphatic hydroxyl groups is 6. The van der Waals surface area contributed by atoms with Gasteiger partial charge in [-0.2, -0.15) is 0 Å². The van der Waals surface area contributed by atoms with Gasteiger partial charge in [0.25, 0.3) is 0 Å². The molecule has 17 nitrogen and oxygen atoms in total. The molecule has 17 heteroatoms. The Morgan fingerprint density at radius 2 is 1.90 bits per heavy atom. The van der Waals surface area contributed by atoms with E-state index in [0.717, 1.165) is 22.6 Å². The molecule has 0 spiro atoms. The van der Waals surface area contributed by atoms with E-state index in [9.17, 15) is 40.2 Å². The lowest BCUT2D eigenvalue weighted by Crippen LogP contribution is -3.15. The smallest absolute Gasteiger partial charge is 0.222 e. The summed E-state index contributed by atoms with van der Waals surface area (Å²) >= 11 is 0. The van der Waals surface area contributed by atoms with Gasteiger partial charge in [0.1, 0.15) is 72.6 Å². The number of ether oxygens (including phenoxy) is 1. The zero-order chi connectivity index (χ0) is 41.1. The van der Waals surface area contributed by atoms with Gasteiger partial charge >= 0.3 is 0 Å². The van der Waals surface area contributed by atoms with E-state index in [1.807, 2.05) is 19.2 Å². The van der Waals surface area contributed by atoms with Crippen molar-refractivity contribution in [3.8, 4) is 5.75 Å². The van der Waals surface area contributed by atoms with Gasteiger partial charge in [0.15, 0.2) is 22.5 Å². The minimum Gasteiger partial charge on any atom is -0.478 e. The number of rotatable bonds is 15. The van der Waals surface area contributed by atoms with Crippen LogP contribution in [0.25, 0.3) is 11.0 Å². The molecule has 11 atom stereocenters. The van der Waals surface area contributed by atoms with Gasteiger partial charge in [-0.15, -0.1) is 0 Å². The Hall–Kier alpha value is -4.40. The highest BCUT2D eigenvalue weighted by molar-refractivity contribution is 5.90. The Morgan fingerprint density at radius 1 is 1.12 bits per heavy atom. The lowest BCUT2D eigenvalue weighted by atomic mass is 9.83. The number of aliphatic imine (C=N–C) groups is 2. The number of carbonyl (C=O) groups is 1. The third-order valence-corrected chi connectivity index (χ3v) is 12.5. The van der Waals surface area contributed by atoms with Crippen LogP contribution < -0.4 is 25.3 Å². The van der Waals surface area contributed by atoms with Crippen LogP contribution in [-0.4, -0.2) is 123 Å². The first-order chi connectivity index (χ1) is 27.7. The summed E-state index contributed by atoms with van der Waals surface area (Å²) in [7, 11) is 0. The van der Waals surface area contributed by atoms with Crippen LogP contribution in [0.1, 0.15) is 50.9 Å². The molecular formula is C41H51N5O12+2. The Balaban J connectivity index is 1.11. The van der Waals surface area contributed by atoms with E-state index < -0.39 is 61.6 Å². The molecule has 1 aromatic carbocycles. The minimum absolute atomic E-state index is 0.0267. The van der Waals surface area contributed by atoms with E-state index in [1.165, 1.54) is 18.4 Å². The average molecular weight is 806 g/mol. The number of hydrogen-bond donors (Lipinski definition) is 9. The summed E-state index contributed by atoms with van der Waals surface area (Å²) in [5.74, 6) is 0.995. The van der Waals surface area contributed by atoms with Crippen molar-refractivity contribution in [2.45, 2.75) is 101 Å². The number of aryl methyl sites for hydroxylation is 1. The van der Waals surface area contributed by atoms with Crippen LogP contribution >= 0.6 is 0 Å². The van der Waals surface area contributed by atoms with Gasteiger partial charge in [-0.25, -0.2) is 9.78 Å². The Labute approximate surface area is 333 Å². The van der Waals surface area contributed by atoms with Gasteiger partial charge in [0.2, 0.25) is 23.4 Å². The van der Waals surface area contributed by atoms with Crippen molar-refractivity contribution in [3.63, 3.8) is 0 Å². The fraction of sp³-hybridized carbons (Fsp3) is 0.512. The predicted octanol–water partition coefficient (Wildman–Crippen LogP) is -1.94. The number of quaternary nitrogens is 2. The standard InChI is InChI=1S/C41H49N5O12/c1-4-28-24-6-9-43-27(24)17-45(28)36-37-23(13-25-30(48)11-21(2)56-38(25)36)14-33(40(3,57-37)8-5-22-12-34(51)44-16-22)58-55-19-32(50)41(54,39(53)31(49)18-47)20-46-29-7-10-42-26(29)15-35(46)52/h6-7,9-11,13,15,17,22,28,31-33,35,39,47,49-50,52-54H,4-5,8,12,14,16,18-20H2,1-3H3,(H,44,51)/p+2/t22-,28?,31-,32+,33-,35?,39-,40-,41-/m1/s1. The highest BCUT2D eigenvalue weighted by atomic mass is 17.2. The highest BCUT2D eigenvalue weighted by Gasteiger charge is 2.53. The van der Waals surface area contributed by atoms with Crippen molar-refractivity contribution in [2.24, 2.45) is 15.9 Å². The molecule has 6 aliphatic heterocycles. The van der Waals surface area contributed by atoms with Crippen LogP contribution in [0.4, 0.5) is 5.69 Å². The molecule has 8 rings (SSSR count). The molecule has 4 unspecified atom stereocenters. The molecule has 1 aromatic heterocycles. The minimum atomic E-state index is -2.53. The Kier molecular flexibility index (Phi) is 10.9. The third kappa shape index (κ3) is 7.08. The molecule has 9 N–H and O–H groups in total. The van der Waals surface area contributed by atoms with Crippen LogP contribution in [0.15, 0.2) is 78.4 Å². The molecule has 6 aliphatic rings. The van der Waals surface area contributed by atoms with Gasteiger partial charge in [0, 0.05) is 67.6 Å². The molecule has 2 aromatic rings. The first-order valence-electron chi connectivity index (χ1n) is 19.8. The van der Waals surface area contributed by atoms with E-state index in [4.69, 9.17) is 18.9 Å². The van der Waals surface area contributed by atoms with Crippen LogP contribution in [0.2, 0.25) is 0 Å². The van der Waals surface area contributed by atoms with Crippen molar-refractivity contribution in [3.05, 3.63) is 80.8 Å². The number of amides is 1. The predicted molar refractivity (Wildman–Crippen MR) is 207 cm³/mol. The second kappa shape index (κ2) is 15.6. The van der Waals surface area contributed by atoms with Gasteiger partial charge in [-0.05, 0) is 44.7 Å². The Bertz CT molecular complexity index is 2230. The maximum absolute atomic E-state index is 13.6. The zero-order valence-electron chi connectivity index (χ0n) is 32.6. The van der Waals surface area contributed by atoms with Crippen LogP contribution in [0.3, 0.4) is 0 Å². The Morgan fingerprint density at radius 3 is 2.64 bits per heavy atom. The van der Waals surface area contributed by atoms with Gasteiger partial charge in [0.05, 0.1) is 12.0 Å². The number of fused-ring (bicyclic) bond motifs is 4. The fourth-order valence-electron chi connectivity index (χ4n) is 9.12. The number of benzene rings is 1. The van der Waals surface area contributed by atoms with E-state index in [0.29, 0.717) is 70.9 Å². The monoisotopic (exact) mass is 805 g/mol. The normalized spacial score (nSPS) is 30.8. The first-order valence-corrected chi connectivity index (χ1v) is 19.8. The van der Waals surface area contributed by atoms with Crippen molar-refractivity contribution in [1.82, 2.24) is 5.32 Å². The molecule has 0 saturated carbocycles. The van der Waals surface area contributed by atoms with Crippen LogP contribution in [0, 0.1) is 12.8 Å². The van der Waals surface area contributed by atoms with Crippen LogP contribution in [-0.2, 0) is 21.0 Å². The van der Waals surface area contributed by atoms with Gasteiger partial charge < -0.3 is 45.1 Å². The molecule has 310 valence electrons. The third-order valence-electron chi connectivity index (χ3n) is 12.5. The van der Waals surface area contributed by atoms with Crippen molar-refractivity contribution in [2.75, 3.05) is 26.3 Å². The summed E-state index contributed by atoms with van der Waals surface area (Å²) in [5.41, 5.74) is 0.743. The van der Waals surface area contributed by atoms with Crippen LogP contribution in [0.5, 0.6) is 5.75 Å². The summed E-state index contributed by atoms with van der Waals surface area (Å²) in [6, 6.07) is 3.15. The van der Waals surface area contributed by atoms with Gasteiger partial charge in [-0.3, -0.25) is 29.4 Å². The van der Waals surface area contributed by atoms with E-state index in [1.54, 1.807) is 25.3 Å². The van der Waals surface area contributed by atoms with E-state index >= 15 is 0 Å². The first kappa shape index (κ1) is 40.4. The SMILES string of the molecule is CCC1C2=CC=NC2=C[NH+]1c1c2c(cc3c(=O)cc(C)oc13)C[C@@H](OOC[C@H](O)[C@](O)(C[NH+]1C3=CC=NC3=CC1O)[C@H](O)[C@H](O)CO)[C@@](C)(CC[C@H]1CNC(=O)C1)O2. The highest BCUT2D eigenvalue weighted by Crippen LogP contribution is 2.45. The van der Waals surface area contributed by atoms with E-state index in [2.05, 4.69) is 22.2 Å². The summed E-state index contributed by atoms with van der Waals surface area (Å²) in [6.45, 7) is 4.07. The van der Waals surface area contributed by atoms with Crippen molar-refractivity contribution < 1.29 is 64.2 Å². The van der Waals surface area contributed by atoms with Gasteiger partial charge in [-0.1, -0.05) is 6.92 Å². The maximum atomic E-state index is 13.6. The summed E-state index contributed by atoms with van der Waals surface area (Å²) < 4.78 is 13.4. The molecule has 58 heavy (non-hydrogen) atoms. The zero-order valence-corrected chi connectivity index (χ0v) is 32.6. The van der Waals surface area contributed by atoms with Crippen molar-refractivity contribution >= 4 is 35.0 Å². The quantitative estimate of drug-likeness (QED) is 0.0707. The largest absolute Gasteiger partial charge is 0.478 e. The number of nitrogens with one attached hydrogen (secondary N) is 3. The number of hydrogen-bond acceptors (Lipinski definition) is 14. The fourth-order valence-corrected chi connectivity index (χ4v) is 9.12. The molecule has 0 aliphatic carbocycles. The lowest BCUT2D eigenvalue weighted by Gasteiger charge is -2.43. The van der Waals surface area contributed by atoms with Crippen molar-refractivity contribution in [1.29, 1.82) is 0 Å². The van der Waals surface area contributed by atoms with E-state index in [-0.39, 0.29) is 34.6 Å². The number of aliphatic hydroxyl groups excluding tert-OH is 5. The molecule has 7 heterocycles. The molecule has 0 bridgehead atoms. The number of carbonyl (C=O) groups excluding carboxylic acids is 1. The molecule has 0 radical (unpaired) electrons. The molecular weight excluding hydrogens is 754 g/mol. The average Bonchev–Trinajstić information content (AvgIpc) is 4.03. The lowest BCUT2D eigenvalue weighted by molar-refractivity contribution is -0.903. The topological polar surface area (TPSA) is 242 Å². The second-order valence-electron chi connectivity index (χ2n) is 16.3. The summed E-state index contributed by atoms with van der Waals surface area (Å²) in [4.78, 5) is 47.4. The number of nitrogens with zero attached hydrogens (tertiary/aromatic N) is 2. The second-order valence-corrected chi connectivity index (χ2v) is 16.3. The maximum Gasteiger partial charge on any atom is 0.222 e. The summed E-state index contributed by atoms with van der Waals surface area (Å²) in [6.07, 6.45) is 4.84. The molecule has 1 amide bonds.